The Labute approximate surface area is 317 Å². The summed E-state index contributed by atoms with van der Waals surface area (Å²) in [7, 11) is 0. The second kappa shape index (κ2) is 12.1. The molecule has 6 nitrogen and oxygen atoms in total. The van der Waals surface area contributed by atoms with E-state index in [-0.39, 0.29) is 0 Å². The first kappa shape index (κ1) is 33.3. The highest BCUT2D eigenvalue weighted by atomic mass is 19.3. The second-order valence-corrected chi connectivity index (χ2v) is 14.0. The average Bonchev–Trinajstić information content (AvgIpc) is 3.74. The van der Waals surface area contributed by atoms with E-state index in [1.54, 1.807) is 36.7 Å². The predicted octanol–water partition coefficient (Wildman–Crippen LogP) is 12.4. The molecule has 0 saturated carbocycles. The normalized spacial score (nSPS) is 14.5. The first-order chi connectivity index (χ1) is 27.2. The van der Waals surface area contributed by atoms with Gasteiger partial charge >= 0.3 is 0 Å². The Hall–Kier alpha value is -7.30. The van der Waals surface area contributed by atoms with Crippen LogP contribution in [0.15, 0.2) is 134 Å². The number of rotatable bonds is 4. The van der Waals surface area contributed by atoms with E-state index in [1.807, 2.05) is 84.9 Å². The molecule has 1 aliphatic carbocycles. The highest BCUT2D eigenvalue weighted by Crippen LogP contribution is 2.58. The number of benzene rings is 5. The van der Waals surface area contributed by atoms with E-state index < -0.39 is 58.4 Å². The van der Waals surface area contributed by atoms with Gasteiger partial charge < -0.3 is 9.13 Å². The summed E-state index contributed by atoms with van der Waals surface area (Å²) in [6.45, 7) is 8.51. The summed E-state index contributed by atoms with van der Waals surface area (Å²) in [5.74, 6) is -7.62. The number of fused-ring (bicyclic) bond motifs is 7. The van der Waals surface area contributed by atoms with Gasteiger partial charge in [-0.05, 0) is 58.7 Å². The topological polar surface area (TPSA) is 63.8 Å². The molecular formula is C46H26F4N6. The molecule has 0 fully saturated rings. The van der Waals surface area contributed by atoms with Crippen LogP contribution in [0.25, 0.3) is 82.1 Å². The molecule has 4 heterocycles. The van der Waals surface area contributed by atoms with Crippen LogP contribution in [0, 0.1) is 17.9 Å². The average molecular weight is 739 g/mol. The molecule has 0 radical (unpaired) electrons. The molecule has 268 valence electrons. The molecule has 0 N–H and O–H groups in total. The quantitative estimate of drug-likeness (QED) is 0.133. The summed E-state index contributed by atoms with van der Waals surface area (Å²) in [6, 6.07) is 35.4. The monoisotopic (exact) mass is 738 g/mol. The van der Waals surface area contributed by atoms with E-state index in [0.29, 0.717) is 43.6 Å². The molecule has 0 saturated heterocycles. The molecule has 10 heteroatoms. The van der Waals surface area contributed by atoms with Gasteiger partial charge in [0, 0.05) is 64.7 Å². The zero-order chi connectivity index (χ0) is 38.3. The van der Waals surface area contributed by atoms with Crippen molar-refractivity contribution in [2.45, 2.75) is 24.7 Å². The molecular weight excluding hydrogens is 713 g/mol. The van der Waals surface area contributed by atoms with Crippen molar-refractivity contribution in [2.75, 3.05) is 0 Å². The van der Waals surface area contributed by atoms with E-state index in [0.717, 1.165) is 22.3 Å². The van der Waals surface area contributed by atoms with Crippen LogP contribution < -0.4 is 0 Å². The SMILES string of the molecule is [C-]#[N+]c1c(C#N)c(-n2c3ccncc3c3cc(-c4ccccc4)ccc32)c2c(c1-n1c3ccncc3c3cc(-c4ccccc4)ccc31)C(F)(F)CCC2(F)F. The van der Waals surface area contributed by atoms with Gasteiger partial charge in [0.05, 0.1) is 57.2 Å². The largest absolute Gasteiger partial charge is 0.318 e. The molecule has 9 aromatic rings. The third-order valence-electron chi connectivity index (χ3n) is 10.9. The molecule has 1 aliphatic rings. The number of nitriles is 1. The predicted molar refractivity (Wildman–Crippen MR) is 210 cm³/mol. The van der Waals surface area contributed by atoms with Crippen molar-refractivity contribution in [2.24, 2.45) is 0 Å². The molecule has 4 aromatic heterocycles. The minimum absolute atomic E-state index is 0.378. The number of alkyl halides is 4. The minimum Gasteiger partial charge on any atom is -0.318 e. The van der Waals surface area contributed by atoms with Crippen LogP contribution >= 0.6 is 0 Å². The summed E-state index contributed by atoms with van der Waals surface area (Å²) in [6.07, 6.45) is 3.85. The summed E-state index contributed by atoms with van der Waals surface area (Å²) in [4.78, 5) is 12.4. The highest BCUT2D eigenvalue weighted by Gasteiger charge is 2.54. The number of hydrogen-bond acceptors (Lipinski definition) is 3. The van der Waals surface area contributed by atoms with Crippen molar-refractivity contribution < 1.29 is 17.6 Å². The number of hydrogen-bond donors (Lipinski definition) is 0. The molecule has 0 aliphatic heterocycles. The fourth-order valence-corrected chi connectivity index (χ4v) is 8.48. The maximum absolute atomic E-state index is 17.0. The summed E-state index contributed by atoms with van der Waals surface area (Å²) < 4.78 is 70.7. The van der Waals surface area contributed by atoms with E-state index in [9.17, 15) is 5.26 Å². The molecule has 0 atom stereocenters. The summed E-state index contributed by atoms with van der Waals surface area (Å²) >= 11 is 0. The third-order valence-corrected chi connectivity index (χ3v) is 10.9. The Morgan fingerprint density at radius 1 is 0.571 bits per heavy atom. The maximum atomic E-state index is 17.0. The Balaban J connectivity index is 1.37. The zero-order valence-electron chi connectivity index (χ0n) is 29.3. The van der Waals surface area contributed by atoms with Crippen molar-refractivity contribution in [1.29, 1.82) is 5.26 Å². The van der Waals surface area contributed by atoms with Crippen LogP contribution in [-0.2, 0) is 11.8 Å². The van der Waals surface area contributed by atoms with Crippen molar-refractivity contribution in [1.82, 2.24) is 19.1 Å². The van der Waals surface area contributed by atoms with E-state index in [4.69, 9.17) is 6.57 Å². The standard InChI is InChI=1S/C46H26F4N6/c1-52-42-33(24-51)43(55-36-14-12-29(27-8-4-2-5-9-27)22-31(36)34-25-53-20-16-38(34)55)40-41(46(49,50)19-18-45(40,47)48)44(42)56-37-15-13-30(28-10-6-3-7-11-28)23-32(37)35-26-54-21-17-39(35)56/h2-17,20-23,25-26H,18-19H2. The molecule has 0 amide bonds. The Bertz CT molecular complexity index is 2960. The van der Waals surface area contributed by atoms with Crippen LogP contribution in [0.3, 0.4) is 0 Å². The lowest BCUT2D eigenvalue weighted by Gasteiger charge is -2.36. The van der Waals surface area contributed by atoms with E-state index >= 15 is 17.6 Å². The van der Waals surface area contributed by atoms with Crippen LogP contribution in [0.5, 0.6) is 0 Å². The Morgan fingerprint density at radius 2 is 1.02 bits per heavy atom. The number of pyridine rings is 2. The molecule has 0 unspecified atom stereocenters. The van der Waals surface area contributed by atoms with Crippen molar-refractivity contribution in [3.8, 4) is 39.7 Å². The van der Waals surface area contributed by atoms with Gasteiger partial charge in [-0.1, -0.05) is 72.8 Å². The van der Waals surface area contributed by atoms with Gasteiger partial charge in [-0.15, -0.1) is 0 Å². The first-order valence-electron chi connectivity index (χ1n) is 17.9. The second-order valence-electron chi connectivity index (χ2n) is 14.0. The molecule has 5 aromatic carbocycles. The highest BCUT2D eigenvalue weighted by molar-refractivity contribution is 6.12. The van der Waals surface area contributed by atoms with Crippen LogP contribution in [-0.4, -0.2) is 19.1 Å². The number of aromatic nitrogens is 4. The van der Waals surface area contributed by atoms with Crippen LogP contribution in [0.2, 0.25) is 0 Å². The van der Waals surface area contributed by atoms with Gasteiger partial charge in [0.1, 0.15) is 0 Å². The van der Waals surface area contributed by atoms with E-state index in [2.05, 4.69) is 20.9 Å². The van der Waals surface area contributed by atoms with Gasteiger partial charge in [-0.3, -0.25) is 9.97 Å². The van der Waals surface area contributed by atoms with E-state index in [1.165, 1.54) is 21.5 Å². The van der Waals surface area contributed by atoms with Gasteiger partial charge in [-0.25, -0.2) is 22.4 Å². The van der Waals surface area contributed by atoms with Gasteiger partial charge in [-0.2, -0.15) is 5.26 Å². The smallest absolute Gasteiger partial charge is 0.276 e. The zero-order valence-corrected chi connectivity index (χ0v) is 29.3. The third kappa shape index (κ3) is 4.72. The minimum atomic E-state index is -3.81. The lowest BCUT2D eigenvalue weighted by atomic mass is 9.81. The lowest BCUT2D eigenvalue weighted by molar-refractivity contribution is -0.0955. The van der Waals surface area contributed by atoms with Crippen LogP contribution in [0.1, 0.15) is 29.5 Å². The lowest BCUT2D eigenvalue weighted by Crippen LogP contribution is -2.34. The molecule has 10 rings (SSSR count). The van der Waals surface area contributed by atoms with Crippen molar-refractivity contribution in [3.05, 3.63) is 162 Å². The van der Waals surface area contributed by atoms with Crippen molar-refractivity contribution in [3.63, 3.8) is 0 Å². The summed E-state index contributed by atoms with van der Waals surface area (Å²) in [5, 5.41) is 13.4. The fourth-order valence-electron chi connectivity index (χ4n) is 8.48. The Kier molecular flexibility index (Phi) is 7.19. The molecule has 0 spiro atoms. The molecule has 0 bridgehead atoms. The summed E-state index contributed by atoms with van der Waals surface area (Å²) in [5.41, 5.74) is 1.37. The number of halogens is 4. The fraction of sp³-hybridized carbons (Fsp3) is 0.0870. The van der Waals surface area contributed by atoms with Crippen molar-refractivity contribution >= 4 is 49.3 Å². The van der Waals surface area contributed by atoms with Crippen LogP contribution in [0.4, 0.5) is 23.2 Å². The number of nitrogens with zero attached hydrogens (tertiary/aromatic N) is 6. The molecule has 56 heavy (non-hydrogen) atoms. The van der Waals surface area contributed by atoms with Gasteiger partial charge in [0.2, 0.25) is 5.69 Å². The van der Waals surface area contributed by atoms with Gasteiger partial charge in [0.15, 0.2) is 0 Å². The van der Waals surface area contributed by atoms with Gasteiger partial charge in [0.25, 0.3) is 11.8 Å². The maximum Gasteiger partial charge on any atom is 0.276 e. The Morgan fingerprint density at radius 3 is 1.48 bits per heavy atom. The first-order valence-corrected chi connectivity index (χ1v) is 17.9.